The number of hydrogen-bond donors (Lipinski definition) is 1. The lowest BCUT2D eigenvalue weighted by atomic mass is 10.1. The maximum atomic E-state index is 12.5. The molecule has 0 bridgehead atoms. The molecule has 0 radical (unpaired) electrons. The Kier molecular flexibility index (Phi) is 5.64. The van der Waals surface area contributed by atoms with E-state index in [2.05, 4.69) is 5.32 Å². The molecule has 1 saturated heterocycles. The van der Waals surface area contributed by atoms with Crippen LogP contribution in [0.15, 0.2) is 24.3 Å². The lowest BCUT2D eigenvalue weighted by molar-refractivity contribution is 0.233. The van der Waals surface area contributed by atoms with Crippen LogP contribution in [-0.4, -0.2) is 50.7 Å². The van der Waals surface area contributed by atoms with Gasteiger partial charge in [0.05, 0.1) is 6.26 Å². The van der Waals surface area contributed by atoms with E-state index in [0.29, 0.717) is 32.5 Å². The van der Waals surface area contributed by atoms with Crippen LogP contribution in [-0.2, 0) is 10.0 Å². The Morgan fingerprint density at radius 2 is 2.00 bits per heavy atom. The molecule has 128 valence electrons. The highest BCUT2D eigenvalue weighted by Crippen LogP contribution is 2.18. The molecule has 0 saturated carbocycles. The summed E-state index contributed by atoms with van der Waals surface area (Å²) >= 11 is 0. The summed E-state index contributed by atoms with van der Waals surface area (Å²) in [6.07, 6.45) is 2.51. The molecule has 23 heavy (non-hydrogen) atoms. The standard InChI is InChI=1S/C16H25N3O3S/c1-4-19(15-7-5-6-13(2)12-15)16(20)17-14-8-10-18(11-9-14)23(3,21)22/h5-7,12,14H,4,8-11H2,1-3H3,(H,17,20). The van der Waals surface area contributed by atoms with E-state index in [1.165, 1.54) is 10.6 Å². The molecule has 0 unspecified atom stereocenters. The van der Waals surface area contributed by atoms with E-state index in [0.717, 1.165) is 11.3 Å². The average Bonchev–Trinajstić information content (AvgIpc) is 2.47. The Morgan fingerprint density at radius 3 is 2.52 bits per heavy atom. The molecule has 0 atom stereocenters. The Balaban J connectivity index is 1.96. The molecule has 1 aromatic rings. The molecule has 2 amide bonds. The van der Waals surface area contributed by atoms with Gasteiger partial charge in [-0.15, -0.1) is 0 Å². The first-order chi connectivity index (χ1) is 10.8. The molecule has 1 N–H and O–H groups in total. The number of carbonyl (C=O) groups excluding carboxylic acids is 1. The van der Waals surface area contributed by atoms with Gasteiger partial charge in [-0.3, -0.25) is 4.90 Å². The summed E-state index contributed by atoms with van der Waals surface area (Å²) in [5.74, 6) is 0. The van der Waals surface area contributed by atoms with Gasteiger partial charge in [-0.2, -0.15) is 0 Å². The lowest BCUT2D eigenvalue weighted by Gasteiger charge is -2.32. The van der Waals surface area contributed by atoms with Crippen LogP contribution in [0.25, 0.3) is 0 Å². The summed E-state index contributed by atoms with van der Waals surface area (Å²) in [6, 6.07) is 7.72. The first-order valence-corrected chi connectivity index (χ1v) is 9.76. The topological polar surface area (TPSA) is 69.7 Å². The third-order valence-electron chi connectivity index (χ3n) is 4.13. The van der Waals surface area contributed by atoms with Gasteiger partial charge in [0.1, 0.15) is 0 Å². The monoisotopic (exact) mass is 339 g/mol. The number of aryl methyl sites for hydroxylation is 1. The molecule has 1 heterocycles. The summed E-state index contributed by atoms with van der Waals surface area (Å²) in [6.45, 7) is 5.43. The second-order valence-corrected chi connectivity index (χ2v) is 7.95. The maximum absolute atomic E-state index is 12.5. The lowest BCUT2D eigenvalue weighted by Crippen LogP contribution is -2.50. The molecule has 1 aromatic carbocycles. The number of piperidine rings is 1. The van der Waals surface area contributed by atoms with Gasteiger partial charge in [-0.05, 0) is 44.4 Å². The minimum atomic E-state index is -3.14. The maximum Gasteiger partial charge on any atom is 0.322 e. The Labute approximate surface area is 138 Å². The summed E-state index contributed by atoms with van der Waals surface area (Å²) in [4.78, 5) is 14.2. The van der Waals surface area contributed by atoms with Crippen LogP contribution >= 0.6 is 0 Å². The van der Waals surface area contributed by atoms with Gasteiger partial charge in [0.2, 0.25) is 10.0 Å². The third kappa shape index (κ3) is 4.68. The van der Waals surface area contributed by atoms with Crippen molar-refractivity contribution >= 4 is 21.7 Å². The van der Waals surface area contributed by atoms with Crippen molar-refractivity contribution in [3.05, 3.63) is 29.8 Å². The van der Waals surface area contributed by atoms with Crippen LogP contribution in [0.3, 0.4) is 0 Å². The van der Waals surface area contributed by atoms with Crippen molar-refractivity contribution in [1.82, 2.24) is 9.62 Å². The summed E-state index contributed by atoms with van der Waals surface area (Å²) in [5.41, 5.74) is 1.98. The first kappa shape index (κ1) is 17.7. The quantitative estimate of drug-likeness (QED) is 0.911. The van der Waals surface area contributed by atoms with E-state index in [-0.39, 0.29) is 12.1 Å². The van der Waals surface area contributed by atoms with E-state index in [4.69, 9.17) is 0 Å². The fraction of sp³-hybridized carbons (Fsp3) is 0.562. The van der Waals surface area contributed by atoms with Gasteiger partial charge in [0.15, 0.2) is 0 Å². The molecule has 6 nitrogen and oxygen atoms in total. The van der Waals surface area contributed by atoms with Gasteiger partial charge >= 0.3 is 6.03 Å². The van der Waals surface area contributed by atoms with Crippen LogP contribution in [0.2, 0.25) is 0 Å². The second kappa shape index (κ2) is 7.31. The van der Waals surface area contributed by atoms with Crippen molar-refractivity contribution in [1.29, 1.82) is 0 Å². The van der Waals surface area contributed by atoms with E-state index < -0.39 is 10.0 Å². The molecule has 0 aromatic heterocycles. The molecule has 1 fully saturated rings. The number of hydrogen-bond acceptors (Lipinski definition) is 3. The van der Waals surface area contributed by atoms with E-state index in [9.17, 15) is 13.2 Å². The second-order valence-electron chi connectivity index (χ2n) is 5.97. The number of carbonyl (C=O) groups is 1. The number of anilines is 1. The highest BCUT2D eigenvalue weighted by atomic mass is 32.2. The van der Waals surface area contributed by atoms with Gasteiger partial charge in [0, 0.05) is 31.4 Å². The van der Waals surface area contributed by atoms with Crippen LogP contribution in [0.4, 0.5) is 10.5 Å². The number of nitrogens with one attached hydrogen (secondary N) is 1. The van der Waals surface area contributed by atoms with Crippen molar-refractivity contribution < 1.29 is 13.2 Å². The molecular formula is C16H25N3O3S. The van der Waals surface area contributed by atoms with Crippen molar-refractivity contribution in [3.63, 3.8) is 0 Å². The predicted molar refractivity (Wildman–Crippen MR) is 92.2 cm³/mol. The molecular weight excluding hydrogens is 314 g/mol. The molecule has 1 aliphatic heterocycles. The molecule has 0 aliphatic carbocycles. The predicted octanol–water partition coefficient (Wildman–Crippen LogP) is 1.95. The van der Waals surface area contributed by atoms with Crippen molar-refractivity contribution in [2.45, 2.75) is 32.7 Å². The Morgan fingerprint density at radius 1 is 1.35 bits per heavy atom. The van der Waals surface area contributed by atoms with Crippen LogP contribution < -0.4 is 10.2 Å². The minimum Gasteiger partial charge on any atom is -0.335 e. The van der Waals surface area contributed by atoms with E-state index in [1.54, 1.807) is 4.90 Å². The van der Waals surface area contributed by atoms with Crippen LogP contribution in [0.5, 0.6) is 0 Å². The number of urea groups is 1. The fourth-order valence-corrected chi connectivity index (χ4v) is 3.70. The van der Waals surface area contributed by atoms with Gasteiger partial charge in [-0.1, -0.05) is 12.1 Å². The number of nitrogens with zero attached hydrogens (tertiary/aromatic N) is 2. The van der Waals surface area contributed by atoms with Crippen molar-refractivity contribution in [2.75, 3.05) is 30.8 Å². The smallest absolute Gasteiger partial charge is 0.322 e. The van der Waals surface area contributed by atoms with Crippen molar-refractivity contribution in [2.24, 2.45) is 0 Å². The number of benzene rings is 1. The third-order valence-corrected chi connectivity index (χ3v) is 5.43. The molecule has 0 spiro atoms. The van der Waals surface area contributed by atoms with Crippen LogP contribution in [0, 0.1) is 6.92 Å². The van der Waals surface area contributed by atoms with Gasteiger partial charge in [0.25, 0.3) is 0 Å². The number of rotatable bonds is 4. The molecule has 7 heteroatoms. The largest absolute Gasteiger partial charge is 0.335 e. The Bertz CT molecular complexity index is 652. The average molecular weight is 339 g/mol. The number of sulfonamides is 1. The molecule has 2 rings (SSSR count). The zero-order valence-electron chi connectivity index (χ0n) is 13.9. The first-order valence-electron chi connectivity index (χ1n) is 7.91. The van der Waals surface area contributed by atoms with E-state index >= 15 is 0 Å². The summed E-state index contributed by atoms with van der Waals surface area (Å²) < 4.78 is 24.5. The van der Waals surface area contributed by atoms with Gasteiger partial charge in [-0.25, -0.2) is 17.5 Å². The zero-order chi connectivity index (χ0) is 17.0. The summed E-state index contributed by atoms with van der Waals surface area (Å²) in [5, 5.41) is 3.03. The zero-order valence-corrected chi connectivity index (χ0v) is 14.8. The minimum absolute atomic E-state index is 0.0133. The summed E-state index contributed by atoms with van der Waals surface area (Å²) in [7, 11) is -3.14. The Hall–Kier alpha value is -1.60. The fourth-order valence-electron chi connectivity index (χ4n) is 2.82. The highest BCUT2D eigenvalue weighted by Gasteiger charge is 2.27. The SMILES string of the molecule is CCN(C(=O)NC1CCN(S(C)(=O)=O)CC1)c1cccc(C)c1. The van der Waals surface area contributed by atoms with Gasteiger partial charge < -0.3 is 5.32 Å². The highest BCUT2D eigenvalue weighted by molar-refractivity contribution is 7.88. The molecule has 1 aliphatic rings. The van der Waals surface area contributed by atoms with E-state index in [1.807, 2.05) is 38.1 Å². The van der Waals surface area contributed by atoms with Crippen molar-refractivity contribution in [3.8, 4) is 0 Å². The number of amides is 2. The van der Waals surface area contributed by atoms with Crippen LogP contribution in [0.1, 0.15) is 25.3 Å². The normalized spacial score (nSPS) is 17.0.